The van der Waals surface area contributed by atoms with Crippen LogP contribution in [0.15, 0.2) is 45.9 Å². The molecular weight excluding hydrogens is 312 g/mol. The maximum atomic E-state index is 11.8. The quantitative estimate of drug-likeness (QED) is 0.735. The smallest absolute Gasteiger partial charge is 0.319 e. The third kappa shape index (κ3) is 4.42. The summed E-state index contributed by atoms with van der Waals surface area (Å²) in [5.41, 5.74) is 0.625. The van der Waals surface area contributed by atoms with Crippen molar-refractivity contribution < 1.29 is 14.3 Å². The minimum atomic E-state index is -0.884. The molecule has 112 valence electrons. The summed E-state index contributed by atoms with van der Waals surface area (Å²) in [5.74, 6) is 0.405. The molecule has 0 aliphatic heterocycles. The topological polar surface area (TPSA) is 74.5 Å². The molecule has 0 aliphatic carbocycles. The van der Waals surface area contributed by atoms with Crippen molar-refractivity contribution in [2.24, 2.45) is 0 Å². The number of aliphatic hydroxyl groups is 1. The number of urea groups is 1. The van der Waals surface area contributed by atoms with Gasteiger partial charge < -0.3 is 20.2 Å². The van der Waals surface area contributed by atoms with Crippen molar-refractivity contribution in [3.8, 4) is 0 Å². The molecule has 1 unspecified atom stereocenters. The molecule has 1 atom stereocenters. The number of halogens is 1. The van der Waals surface area contributed by atoms with E-state index in [4.69, 9.17) is 16.0 Å². The molecule has 7 heteroatoms. The summed E-state index contributed by atoms with van der Waals surface area (Å²) >= 11 is 7.42. The lowest BCUT2D eigenvalue weighted by Crippen LogP contribution is -2.32. The maximum absolute atomic E-state index is 11.8. The molecule has 1 heterocycles. The minimum absolute atomic E-state index is 0.0501. The van der Waals surface area contributed by atoms with Gasteiger partial charge in [-0.1, -0.05) is 11.6 Å². The van der Waals surface area contributed by atoms with Gasteiger partial charge in [0.05, 0.1) is 18.5 Å². The van der Waals surface area contributed by atoms with E-state index in [9.17, 15) is 9.90 Å². The molecule has 0 saturated carbocycles. The van der Waals surface area contributed by atoms with Gasteiger partial charge >= 0.3 is 6.03 Å². The Balaban J connectivity index is 1.91. The van der Waals surface area contributed by atoms with Gasteiger partial charge in [0.2, 0.25) is 0 Å². The molecule has 2 rings (SSSR count). The van der Waals surface area contributed by atoms with E-state index in [1.165, 1.54) is 18.0 Å². The van der Waals surface area contributed by atoms with Crippen molar-refractivity contribution >= 4 is 35.1 Å². The first kappa shape index (κ1) is 15.8. The fourth-order valence-electron chi connectivity index (χ4n) is 1.72. The predicted octanol–water partition coefficient (Wildman–Crippen LogP) is 3.51. The molecule has 0 radical (unpaired) electrons. The van der Waals surface area contributed by atoms with Crippen LogP contribution in [0, 0.1) is 0 Å². The van der Waals surface area contributed by atoms with Gasteiger partial charge in [-0.05, 0) is 36.6 Å². The monoisotopic (exact) mass is 326 g/mol. The van der Waals surface area contributed by atoms with Gasteiger partial charge in [-0.3, -0.25) is 0 Å². The second-order valence-electron chi connectivity index (χ2n) is 4.21. The number of thioether (sulfide) groups is 1. The second kappa shape index (κ2) is 7.40. The number of rotatable bonds is 5. The van der Waals surface area contributed by atoms with E-state index in [1.807, 2.05) is 12.3 Å². The number of furan rings is 1. The Bertz CT molecular complexity index is 604. The summed E-state index contributed by atoms with van der Waals surface area (Å²) in [6.45, 7) is 0.0501. The van der Waals surface area contributed by atoms with Crippen LogP contribution in [0.3, 0.4) is 0 Å². The van der Waals surface area contributed by atoms with Crippen LogP contribution >= 0.6 is 23.4 Å². The van der Waals surface area contributed by atoms with Crippen molar-refractivity contribution in [3.63, 3.8) is 0 Å². The number of aliphatic hydroxyl groups excluding tert-OH is 1. The average Bonchev–Trinajstić information content (AvgIpc) is 2.99. The Labute approximate surface area is 131 Å². The zero-order valence-corrected chi connectivity index (χ0v) is 12.9. The van der Waals surface area contributed by atoms with E-state index in [0.29, 0.717) is 16.5 Å². The predicted molar refractivity (Wildman–Crippen MR) is 83.9 cm³/mol. The Kier molecular flexibility index (Phi) is 5.55. The van der Waals surface area contributed by atoms with Crippen molar-refractivity contribution in [2.75, 3.05) is 18.1 Å². The number of benzene rings is 1. The molecule has 3 N–H and O–H groups in total. The summed E-state index contributed by atoms with van der Waals surface area (Å²) in [6.07, 6.45) is 2.49. The molecule has 2 aromatic rings. The highest BCUT2D eigenvalue weighted by atomic mass is 35.5. The zero-order chi connectivity index (χ0) is 15.2. The van der Waals surface area contributed by atoms with E-state index < -0.39 is 12.1 Å². The third-order valence-electron chi connectivity index (χ3n) is 2.74. The molecular formula is C14H15ClN2O3S. The first-order valence-electron chi connectivity index (χ1n) is 6.20. The largest absolute Gasteiger partial charge is 0.467 e. The van der Waals surface area contributed by atoms with Crippen LogP contribution in [0.5, 0.6) is 0 Å². The number of anilines is 1. The Morgan fingerprint density at radius 1 is 1.48 bits per heavy atom. The zero-order valence-electron chi connectivity index (χ0n) is 11.3. The van der Waals surface area contributed by atoms with Crippen LogP contribution in [0.25, 0.3) is 0 Å². The normalized spacial score (nSPS) is 12.0. The first-order chi connectivity index (χ1) is 10.1. The number of hydrogen-bond acceptors (Lipinski definition) is 4. The van der Waals surface area contributed by atoms with E-state index in [-0.39, 0.29) is 6.54 Å². The Morgan fingerprint density at radius 3 is 2.95 bits per heavy atom. The summed E-state index contributed by atoms with van der Waals surface area (Å²) in [4.78, 5) is 12.8. The molecule has 0 spiro atoms. The first-order valence-corrected chi connectivity index (χ1v) is 7.80. The standard InChI is InChI=1S/C14H15ClN2O3S/c1-21-13-5-4-9(15)7-10(13)17-14(19)16-8-11(18)12-3-2-6-20-12/h2-7,11,18H,8H2,1H3,(H2,16,17,19). The van der Waals surface area contributed by atoms with Crippen molar-refractivity contribution in [3.05, 3.63) is 47.4 Å². The Hall–Kier alpha value is -1.63. The minimum Gasteiger partial charge on any atom is -0.467 e. The molecule has 21 heavy (non-hydrogen) atoms. The molecule has 0 aliphatic rings. The van der Waals surface area contributed by atoms with Gasteiger partial charge in [-0.15, -0.1) is 11.8 Å². The number of amides is 2. The maximum Gasteiger partial charge on any atom is 0.319 e. The third-order valence-corrected chi connectivity index (χ3v) is 3.77. The summed E-state index contributed by atoms with van der Waals surface area (Å²) in [5, 5.41) is 15.6. The SMILES string of the molecule is CSc1ccc(Cl)cc1NC(=O)NCC(O)c1ccco1. The van der Waals surface area contributed by atoms with Crippen LogP contribution in [-0.2, 0) is 0 Å². The molecule has 5 nitrogen and oxygen atoms in total. The number of nitrogens with one attached hydrogen (secondary N) is 2. The van der Waals surface area contributed by atoms with Gasteiger partial charge in [0.25, 0.3) is 0 Å². The highest BCUT2D eigenvalue weighted by Crippen LogP contribution is 2.28. The van der Waals surface area contributed by atoms with Crippen LogP contribution in [0.2, 0.25) is 5.02 Å². The van der Waals surface area contributed by atoms with E-state index in [1.54, 1.807) is 24.3 Å². The molecule has 1 aromatic heterocycles. The van der Waals surface area contributed by atoms with Crippen LogP contribution in [-0.4, -0.2) is 23.9 Å². The summed E-state index contributed by atoms with van der Waals surface area (Å²) in [7, 11) is 0. The lowest BCUT2D eigenvalue weighted by molar-refractivity contribution is 0.149. The highest BCUT2D eigenvalue weighted by molar-refractivity contribution is 7.98. The summed E-state index contributed by atoms with van der Waals surface area (Å²) < 4.78 is 5.06. The lowest BCUT2D eigenvalue weighted by Gasteiger charge is -2.13. The fourth-order valence-corrected chi connectivity index (χ4v) is 2.42. The van der Waals surface area contributed by atoms with Gasteiger partial charge in [-0.2, -0.15) is 0 Å². The summed E-state index contributed by atoms with van der Waals surface area (Å²) in [6, 6.07) is 8.17. The number of hydrogen-bond donors (Lipinski definition) is 3. The van der Waals surface area contributed by atoms with Gasteiger partial charge in [-0.25, -0.2) is 4.79 Å². The number of carbonyl (C=O) groups is 1. The molecule has 0 bridgehead atoms. The van der Waals surface area contributed by atoms with E-state index >= 15 is 0 Å². The molecule has 0 fully saturated rings. The Morgan fingerprint density at radius 2 is 2.29 bits per heavy atom. The van der Waals surface area contributed by atoms with Crippen LogP contribution < -0.4 is 10.6 Å². The van der Waals surface area contributed by atoms with Crippen LogP contribution in [0.4, 0.5) is 10.5 Å². The van der Waals surface area contributed by atoms with Gasteiger partial charge in [0.15, 0.2) is 0 Å². The van der Waals surface area contributed by atoms with Crippen molar-refractivity contribution in [1.82, 2.24) is 5.32 Å². The van der Waals surface area contributed by atoms with Crippen molar-refractivity contribution in [1.29, 1.82) is 0 Å². The van der Waals surface area contributed by atoms with Crippen LogP contribution in [0.1, 0.15) is 11.9 Å². The molecule has 1 aromatic carbocycles. The average molecular weight is 327 g/mol. The number of carbonyl (C=O) groups excluding carboxylic acids is 1. The molecule has 2 amide bonds. The highest BCUT2D eigenvalue weighted by Gasteiger charge is 2.12. The van der Waals surface area contributed by atoms with Crippen molar-refractivity contribution in [2.45, 2.75) is 11.0 Å². The van der Waals surface area contributed by atoms with Gasteiger partial charge in [0, 0.05) is 9.92 Å². The molecule has 0 saturated heterocycles. The van der Waals surface area contributed by atoms with E-state index in [0.717, 1.165) is 4.90 Å². The van der Waals surface area contributed by atoms with Gasteiger partial charge in [0.1, 0.15) is 11.9 Å². The van der Waals surface area contributed by atoms with E-state index in [2.05, 4.69) is 10.6 Å². The fraction of sp³-hybridized carbons (Fsp3) is 0.214. The lowest BCUT2D eigenvalue weighted by atomic mass is 10.3. The second-order valence-corrected chi connectivity index (χ2v) is 5.50.